The first-order valence-electron chi connectivity index (χ1n) is 9.16. The highest BCUT2D eigenvalue weighted by Crippen LogP contribution is 2.39. The van der Waals surface area contributed by atoms with Crippen molar-refractivity contribution in [3.8, 4) is 11.8 Å². The molecule has 0 radical (unpaired) electrons. The van der Waals surface area contributed by atoms with E-state index in [2.05, 4.69) is 43.1 Å². The number of rotatable bonds is 3. The van der Waals surface area contributed by atoms with E-state index in [0.29, 0.717) is 0 Å². The van der Waals surface area contributed by atoms with Gasteiger partial charge < -0.3 is 15.2 Å². The van der Waals surface area contributed by atoms with Crippen molar-refractivity contribution in [3.05, 3.63) is 64.7 Å². The van der Waals surface area contributed by atoms with Gasteiger partial charge in [0.05, 0.1) is 11.7 Å². The Balaban J connectivity index is 1.84. The summed E-state index contributed by atoms with van der Waals surface area (Å²) >= 11 is 0. The number of aromatic carboxylic acids is 1. The van der Waals surface area contributed by atoms with E-state index in [0.717, 1.165) is 23.2 Å². The summed E-state index contributed by atoms with van der Waals surface area (Å²) in [5.41, 5.74) is 4.31. The SMILES string of the molecule is CC(C)OC1CC(C)(C)c2cc(C#Cc3ccc(C(=O)O)cc3)ccc2N1. The Labute approximate surface area is 160 Å². The minimum atomic E-state index is -0.932. The molecule has 1 aliphatic rings. The van der Waals surface area contributed by atoms with Crippen LogP contribution in [0, 0.1) is 11.8 Å². The van der Waals surface area contributed by atoms with E-state index in [9.17, 15) is 4.79 Å². The van der Waals surface area contributed by atoms with Gasteiger partial charge in [0.25, 0.3) is 0 Å². The first-order chi connectivity index (χ1) is 12.7. The fraction of sp³-hybridized carbons (Fsp3) is 0.348. The maximum absolute atomic E-state index is 10.9. The minimum absolute atomic E-state index is 0.0113. The van der Waals surface area contributed by atoms with Gasteiger partial charge in [0.15, 0.2) is 0 Å². The van der Waals surface area contributed by atoms with E-state index < -0.39 is 5.97 Å². The minimum Gasteiger partial charge on any atom is -0.478 e. The topological polar surface area (TPSA) is 58.6 Å². The third-order valence-electron chi connectivity index (χ3n) is 4.68. The number of ether oxygens (including phenoxy) is 1. The van der Waals surface area contributed by atoms with E-state index in [4.69, 9.17) is 9.84 Å². The number of hydrogen-bond acceptors (Lipinski definition) is 3. The summed E-state index contributed by atoms with van der Waals surface area (Å²) in [4.78, 5) is 10.9. The van der Waals surface area contributed by atoms with Crippen LogP contribution in [0.2, 0.25) is 0 Å². The largest absolute Gasteiger partial charge is 0.478 e. The molecule has 1 atom stereocenters. The second-order valence-corrected chi connectivity index (χ2v) is 7.80. The first-order valence-corrected chi connectivity index (χ1v) is 9.16. The number of carboxylic acids is 1. The van der Waals surface area contributed by atoms with Crippen LogP contribution in [-0.4, -0.2) is 23.4 Å². The molecule has 0 saturated carbocycles. The van der Waals surface area contributed by atoms with E-state index in [1.54, 1.807) is 24.3 Å². The molecule has 2 aromatic carbocycles. The molecule has 0 bridgehead atoms. The van der Waals surface area contributed by atoms with Crippen molar-refractivity contribution in [1.29, 1.82) is 0 Å². The molecule has 0 fully saturated rings. The second kappa shape index (κ2) is 7.46. The van der Waals surface area contributed by atoms with Crippen LogP contribution < -0.4 is 5.32 Å². The van der Waals surface area contributed by atoms with Gasteiger partial charge >= 0.3 is 5.97 Å². The van der Waals surface area contributed by atoms with Crippen LogP contribution in [0.15, 0.2) is 42.5 Å². The van der Waals surface area contributed by atoms with Crippen LogP contribution >= 0.6 is 0 Å². The summed E-state index contributed by atoms with van der Waals surface area (Å²) in [6.45, 7) is 8.55. The molecule has 1 unspecified atom stereocenters. The number of fused-ring (bicyclic) bond motifs is 1. The Morgan fingerprint density at radius 1 is 1.15 bits per heavy atom. The van der Waals surface area contributed by atoms with Crippen molar-refractivity contribution < 1.29 is 14.6 Å². The quantitative estimate of drug-likeness (QED) is 0.781. The van der Waals surface area contributed by atoms with Gasteiger partial charge in [-0.2, -0.15) is 0 Å². The molecule has 4 heteroatoms. The Hall–Kier alpha value is -2.77. The van der Waals surface area contributed by atoms with Crippen LogP contribution in [0.4, 0.5) is 5.69 Å². The van der Waals surface area contributed by atoms with Crippen molar-refractivity contribution in [3.63, 3.8) is 0 Å². The van der Waals surface area contributed by atoms with E-state index >= 15 is 0 Å². The molecule has 4 nitrogen and oxygen atoms in total. The molecule has 0 aromatic heterocycles. The molecule has 2 aromatic rings. The third-order valence-corrected chi connectivity index (χ3v) is 4.68. The molecule has 0 amide bonds. The molecule has 2 N–H and O–H groups in total. The van der Waals surface area contributed by atoms with Crippen molar-refractivity contribution in [2.45, 2.75) is 51.9 Å². The Bertz CT molecular complexity index is 901. The van der Waals surface area contributed by atoms with Crippen molar-refractivity contribution in [2.24, 2.45) is 0 Å². The van der Waals surface area contributed by atoms with Gasteiger partial charge in [-0.3, -0.25) is 0 Å². The van der Waals surface area contributed by atoms with E-state index in [1.807, 2.05) is 19.9 Å². The number of carboxylic acid groups (broad SMARTS) is 1. The maximum Gasteiger partial charge on any atom is 0.335 e. The van der Waals surface area contributed by atoms with Gasteiger partial charge in [-0.15, -0.1) is 0 Å². The van der Waals surface area contributed by atoms with Gasteiger partial charge in [-0.05, 0) is 67.3 Å². The standard InChI is InChI=1S/C23H25NO3/c1-15(2)27-21-14-23(3,4)19-13-17(9-12-20(19)24-21)6-5-16-7-10-18(11-8-16)22(25)26/h7-13,15,21,24H,14H2,1-4H3,(H,25,26). The lowest BCUT2D eigenvalue weighted by atomic mass is 9.77. The number of hydrogen-bond donors (Lipinski definition) is 2. The van der Waals surface area contributed by atoms with Crippen molar-refractivity contribution in [1.82, 2.24) is 0 Å². The highest BCUT2D eigenvalue weighted by Gasteiger charge is 2.33. The fourth-order valence-corrected chi connectivity index (χ4v) is 3.36. The van der Waals surface area contributed by atoms with Gasteiger partial charge in [-0.25, -0.2) is 4.79 Å². The molecule has 0 aliphatic carbocycles. The average molecular weight is 363 g/mol. The Kier molecular flexibility index (Phi) is 5.25. The second-order valence-electron chi connectivity index (χ2n) is 7.80. The molecule has 27 heavy (non-hydrogen) atoms. The van der Waals surface area contributed by atoms with Gasteiger partial charge in [0, 0.05) is 23.2 Å². The lowest BCUT2D eigenvalue weighted by Gasteiger charge is -2.39. The van der Waals surface area contributed by atoms with Gasteiger partial charge in [0.1, 0.15) is 6.23 Å². The molecule has 140 valence electrons. The average Bonchev–Trinajstić information content (AvgIpc) is 2.59. The summed E-state index contributed by atoms with van der Waals surface area (Å²) in [5.74, 6) is 5.36. The molecule has 3 rings (SSSR count). The molecule has 0 spiro atoms. The van der Waals surface area contributed by atoms with E-state index in [-0.39, 0.29) is 23.3 Å². The maximum atomic E-state index is 10.9. The summed E-state index contributed by atoms with van der Waals surface area (Å²) in [6.07, 6.45) is 1.08. The van der Waals surface area contributed by atoms with Gasteiger partial charge in [0.2, 0.25) is 0 Å². The summed E-state index contributed by atoms with van der Waals surface area (Å²) < 4.78 is 5.96. The van der Waals surface area contributed by atoms with Gasteiger partial charge in [-0.1, -0.05) is 25.7 Å². The lowest BCUT2D eigenvalue weighted by molar-refractivity contribution is 0.00645. The van der Waals surface area contributed by atoms with Crippen molar-refractivity contribution in [2.75, 3.05) is 5.32 Å². The first kappa shape index (κ1) is 19.0. The van der Waals surface area contributed by atoms with Crippen molar-refractivity contribution >= 4 is 11.7 Å². The predicted molar refractivity (Wildman–Crippen MR) is 107 cm³/mol. The summed E-state index contributed by atoms with van der Waals surface area (Å²) in [5, 5.41) is 12.4. The van der Waals surface area contributed by atoms with Crippen LogP contribution in [0.25, 0.3) is 0 Å². The normalized spacial score (nSPS) is 17.4. The number of carbonyl (C=O) groups is 1. The molecular formula is C23H25NO3. The zero-order chi connectivity index (χ0) is 19.6. The van der Waals surface area contributed by atoms with Crippen LogP contribution in [-0.2, 0) is 10.2 Å². The predicted octanol–water partition coefficient (Wildman–Crippen LogP) is 4.63. The Morgan fingerprint density at radius 3 is 2.41 bits per heavy atom. The summed E-state index contributed by atoms with van der Waals surface area (Å²) in [6, 6.07) is 12.8. The Morgan fingerprint density at radius 2 is 1.78 bits per heavy atom. The monoisotopic (exact) mass is 363 g/mol. The molecule has 1 aliphatic heterocycles. The van der Waals surface area contributed by atoms with Crippen LogP contribution in [0.5, 0.6) is 0 Å². The molecular weight excluding hydrogens is 338 g/mol. The zero-order valence-electron chi connectivity index (χ0n) is 16.2. The van der Waals surface area contributed by atoms with Crippen LogP contribution in [0.3, 0.4) is 0 Å². The number of anilines is 1. The highest BCUT2D eigenvalue weighted by molar-refractivity contribution is 5.87. The third kappa shape index (κ3) is 4.50. The summed E-state index contributed by atoms with van der Waals surface area (Å²) in [7, 11) is 0. The van der Waals surface area contributed by atoms with Crippen LogP contribution in [0.1, 0.15) is 61.2 Å². The molecule has 1 heterocycles. The molecule has 0 saturated heterocycles. The highest BCUT2D eigenvalue weighted by atomic mass is 16.5. The lowest BCUT2D eigenvalue weighted by Crippen LogP contribution is -2.39. The smallest absolute Gasteiger partial charge is 0.335 e. The van der Waals surface area contributed by atoms with E-state index in [1.165, 1.54) is 5.56 Å². The zero-order valence-corrected chi connectivity index (χ0v) is 16.2. The fourth-order valence-electron chi connectivity index (χ4n) is 3.36. The number of nitrogens with one attached hydrogen (secondary N) is 1. The number of benzene rings is 2.